The molecule has 0 aliphatic heterocycles. The predicted octanol–water partition coefficient (Wildman–Crippen LogP) is 2.92. The van der Waals surface area contributed by atoms with Crippen molar-refractivity contribution < 1.29 is 13.9 Å². The zero-order valence-corrected chi connectivity index (χ0v) is 12.6. The number of pyridine rings is 1. The average Bonchev–Trinajstić information content (AvgIpc) is 2.84. The molecule has 1 fully saturated rings. The van der Waals surface area contributed by atoms with E-state index in [1.54, 1.807) is 11.9 Å². The molecule has 0 bridgehead atoms. The van der Waals surface area contributed by atoms with Crippen molar-refractivity contribution in [2.24, 2.45) is 0 Å². The molecular formula is C15H23F2N3O. The van der Waals surface area contributed by atoms with Crippen molar-refractivity contribution in [1.82, 2.24) is 4.98 Å². The summed E-state index contributed by atoms with van der Waals surface area (Å²) in [5.74, 6) is -1.29. The van der Waals surface area contributed by atoms with Crippen LogP contribution in [0.1, 0.15) is 39.0 Å². The van der Waals surface area contributed by atoms with Gasteiger partial charge in [-0.25, -0.2) is 13.8 Å². The largest absolute Gasteiger partial charge is 0.388 e. The Balaban J connectivity index is 2.17. The van der Waals surface area contributed by atoms with Crippen LogP contribution in [-0.2, 0) is 0 Å². The molecule has 118 valence electrons. The van der Waals surface area contributed by atoms with Gasteiger partial charge < -0.3 is 15.3 Å². The van der Waals surface area contributed by atoms with Crippen LogP contribution < -0.4 is 10.2 Å². The number of likely N-dealkylation sites (N-methyl/N-ethyl adjacent to an activating group) is 1. The first-order valence-corrected chi connectivity index (χ1v) is 7.48. The van der Waals surface area contributed by atoms with E-state index < -0.39 is 17.2 Å². The van der Waals surface area contributed by atoms with Crippen molar-refractivity contribution in [3.8, 4) is 0 Å². The van der Waals surface area contributed by atoms with Gasteiger partial charge in [0.1, 0.15) is 0 Å². The summed E-state index contributed by atoms with van der Waals surface area (Å²) >= 11 is 0. The van der Waals surface area contributed by atoms with Gasteiger partial charge in [0.15, 0.2) is 23.3 Å². The zero-order valence-electron chi connectivity index (χ0n) is 12.6. The van der Waals surface area contributed by atoms with Gasteiger partial charge in [-0.15, -0.1) is 0 Å². The molecule has 0 aromatic carbocycles. The van der Waals surface area contributed by atoms with Crippen molar-refractivity contribution >= 4 is 11.6 Å². The van der Waals surface area contributed by atoms with Crippen LogP contribution in [0, 0.1) is 11.6 Å². The molecule has 0 radical (unpaired) electrons. The van der Waals surface area contributed by atoms with Gasteiger partial charge in [-0.2, -0.15) is 0 Å². The standard InChI is InChI=1S/C15H23F2N3O/c1-3-8-18-13-11(16)9-12(17)14(19-13)20(2)10-15(21)6-4-5-7-15/h9,21H,3-8,10H2,1-2H3,(H,18,19). The second-order valence-electron chi connectivity index (χ2n) is 5.84. The first kappa shape index (κ1) is 15.9. The van der Waals surface area contributed by atoms with E-state index in [0.717, 1.165) is 25.3 Å². The van der Waals surface area contributed by atoms with Gasteiger partial charge in [-0.3, -0.25) is 0 Å². The lowest BCUT2D eigenvalue weighted by Crippen LogP contribution is -2.40. The van der Waals surface area contributed by atoms with E-state index in [4.69, 9.17) is 0 Å². The molecule has 0 amide bonds. The quantitative estimate of drug-likeness (QED) is 0.848. The van der Waals surface area contributed by atoms with Crippen LogP contribution in [0.2, 0.25) is 0 Å². The summed E-state index contributed by atoms with van der Waals surface area (Å²) in [6.07, 6.45) is 4.20. The Labute approximate surface area is 124 Å². The lowest BCUT2D eigenvalue weighted by Gasteiger charge is -2.29. The number of aliphatic hydroxyl groups is 1. The van der Waals surface area contributed by atoms with E-state index in [0.29, 0.717) is 25.9 Å². The summed E-state index contributed by atoms with van der Waals surface area (Å²) in [5.41, 5.74) is -0.797. The molecule has 0 spiro atoms. The van der Waals surface area contributed by atoms with Crippen LogP contribution in [0.25, 0.3) is 0 Å². The van der Waals surface area contributed by atoms with Crippen molar-refractivity contribution in [2.45, 2.75) is 44.6 Å². The minimum absolute atomic E-state index is 0.0542. The molecule has 2 N–H and O–H groups in total. The van der Waals surface area contributed by atoms with Gasteiger partial charge in [0, 0.05) is 26.2 Å². The molecule has 0 atom stereocenters. The summed E-state index contributed by atoms with van der Waals surface area (Å²) in [5, 5.41) is 13.2. The number of nitrogens with zero attached hydrogens (tertiary/aromatic N) is 2. The van der Waals surface area contributed by atoms with E-state index in [-0.39, 0.29) is 11.6 Å². The van der Waals surface area contributed by atoms with Gasteiger partial charge in [-0.05, 0) is 19.3 Å². The third kappa shape index (κ3) is 3.81. The second kappa shape index (κ2) is 6.56. The molecule has 6 heteroatoms. The lowest BCUT2D eigenvalue weighted by molar-refractivity contribution is 0.0557. The first-order valence-electron chi connectivity index (χ1n) is 7.48. The molecule has 1 saturated carbocycles. The number of hydrogen-bond acceptors (Lipinski definition) is 4. The maximum Gasteiger partial charge on any atom is 0.168 e. The van der Waals surface area contributed by atoms with Gasteiger partial charge in [0.25, 0.3) is 0 Å². The highest BCUT2D eigenvalue weighted by Gasteiger charge is 2.33. The normalized spacial score (nSPS) is 17.0. The fourth-order valence-corrected chi connectivity index (χ4v) is 2.80. The van der Waals surface area contributed by atoms with E-state index in [9.17, 15) is 13.9 Å². The maximum absolute atomic E-state index is 13.9. The van der Waals surface area contributed by atoms with Crippen molar-refractivity contribution in [1.29, 1.82) is 0 Å². The summed E-state index contributed by atoms with van der Waals surface area (Å²) in [6.45, 7) is 2.83. The fourth-order valence-electron chi connectivity index (χ4n) is 2.80. The summed E-state index contributed by atoms with van der Waals surface area (Å²) < 4.78 is 27.6. The highest BCUT2D eigenvalue weighted by atomic mass is 19.1. The summed E-state index contributed by atoms with van der Waals surface area (Å²) in [6, 6.07) is 0.843. The van der Waals surface area contributed by atoms with Gasteiger partial charge in [0.05, 0.1) is 5.60 Å². The Kier molecular flexibility index (Phi) is 4.98. The van der Waals surface area contributed by atoms with Crippen LogP contribution in [0.4, 0.5) is 20.4 Å². The Bertz CT molecular complexity index is 490. The Morgan fingerprint density at radius 3 is 2.62 bits per heavy atom. The van der Waals surface area contributed by atoms with E-state index in [2.05, 4.69) is 10.3 Å². The lowest BCUT2D eigenvalue weighted by atomic mass is 10.0. The van der Waals surface area contributed by atoms with Crippen LogP contribution in [0.3, 0.4) is 0 Å². The van der Waals surface area contributed by atoms with Crippen LogP contribution in [0.15, 0.2) is 6.07 Å². The molecule has 4 nitrogen and oxygen atoms in total. The molecule has 1 aromatic rings. The van der Waals surface area contributed by atoms with Crippen LogP contribution in [-0.4, -0.2) is 35.8 Å². The highest BCUT2D eigenvalue weighted by Crippen LogP contribution is 2.31. The van der Waals surface area contributed by atoms with E-state index in [1.807, 2.05) is 6.92 Å². The average molecular weight is 299 g/mol. The van der Waals surface area contributed by atoms with Crippen molar-refractivity contribution in [3.63, 3.8) is 0 Å². The molecule has 21 heavy (non-hydrogen) atoms. The SMILES string of the molecule is CCCNc1nc(N(C)CC2(O)CCCC2)c(F)cc1F. The Morgan fingerprint density at radius 2 is 2.00 bits per heavy atom. The van der Waals surface area contributed by atoms with Gasteiger partial charge in [0.2, 0.25) is 0 Å². The number of rotatable bonds is 6. The molecular weight excluding hydrogens is 276 g/mol. The minimum Gasteiger partial charge on any atom is -0.388 e. The summed E-state index contributed by atoms with van der Waals surface area (Å²) in [4.78, 5) is 5.60. The number of anilines is 2. The van der Waals surface area contributed by atoms with Gasteiger partial charge in [-0.1, -0.05) is 19.8 Å². The molecule has 0 unspecified atom stereocenters. The van der Waals surface area contributed by atoms with Crippen molar-refractivity contribution in [3.05, 3.63) is 17.7 Å². The van der Waals surface area contributed by atoms with Crippen molar-refractivity contribution in [2.75, 3.05) is 30.4 Å². The molecule has 1 heterocycles. The van der Waals surface area contributed by atoms with Gasteiger partial charge >= 0.3 is 0 Å². The Hall–Kier alpha value is -1.43. The van der Waals surface area contributed by atoms with E-state index >= 15 is 0 Å². The number of hydrogen-bond donors (Lipinski definition) is 2. The smallest absolute Gasteiger partial charge is 0.168 e. The molecule has 2 rings (SSSR count). The Morgan fingerprint density at radius 1 is 1.33 bits per heavy atom. The summed E-state index contributed by atoms with van der Waals surface area (Å²) in [7, 11) is 1.67. The number of halogens is 2. The monoisotopic (exact) mass is 299 g/mol. The molecule has 1 aliphatic carbocycles. The maximum atomic E-state index is 13.9. The topological polar surface area (TPSA) is 48.4 Å². The van der Waals surface area contributed by atoms with Crippen LogP contribution in [0.5, 0.6) is 0 Å². The minimum atomic E-state index is -0.797. The zero-order chi connectivity index (χ0) is 15.5. The molecule has 1 aliphatic rings. The van der Waals surface area contributed by atoms with Crippen LogP contribution >= 0.6 is 0 Å². The second-order valence-corrected chi connectivity index (χ2v) is 5.84. The first-order chi connectivity index (χ1) is 9.95. The molecule has 1 aromatic heterocycles. The molecule has 0 saturated heterocycles. The predicted molar refractivity (Wildman–Crippen MR) is 79.6 cm³/mol. The number of nitrogens with one attached hydrogen (secondary N) is 1. The third-order valence-corrected chi connectivity index (χ3v) is 3.88. The third-order valence-electron chi connectivity index (χ3n) is 3.88. The highest BCUT2D eigenvalue weighted by molar-refractivity contribution is 5.49. The van der Waals surface area contributed by atoms with E-state index in [1.165, 1.54) is 0 Å². The number of aromatic nitrogens is 1. The fraction of sp³-hybridized carbons (Fsp3) is 0.667.